The van der Waals surface area contributed by atoms with Crippen LogP contribution in [-0.4, -0.2) is 42.8 Å². The molecule has 1 aromatic rings. The van der Waals surface area contributed by atoms with Crippen molar-refractivity contribution in [2.75, 3.05) is 20.1 Å². The van der Waals surface area contributed by atoms with Gasteiger partial charge in [0.25, 0.3) is 0 Å². The first-order chi connectivity index (χ1) is 8.95. The van der Waals surface area contributed by atoms with Crippen LogP contribution in [-0.2, 0) is 4.79 Å². The van der Waals surface area contributed by atoms with E-state index in [0.717, 1.165) is 0 Å². The van der Waals surface area contributed by atoms with Gasteiger partial charge in [-0.15, -0.1) is 0 Å². The van der Waals surface area contributed by atoms with E-state index in [9.17, 15) is 14.0 Å². The standard InChI is InChI=1S/C14H19FN2O2/c1-4-16-13(18)9-17(3)10(2)14(19)11-5-7-12(15)8-6-11/h5-8,10H,4,9H2,1-3H3,(H,16,18). The Morgan fingerprint density at radius 3 is 2.42 bits per heavy atom. The van der Waals surface area contributed by atoms with Crippen LogP contribution < -0.4 is 5.32 Å². The summed E-state index contributed by atoms with van der Waals surface area (Å²) in [5.74, 6) is -0.629. The quantitative estimate of drug-likeness (QED) is 0.793. The fourth-order valence-electron chi connectivity index (χ4n) is 1.67. The van der Waals surface area contributed by atoms with Crippen molar-refractivity contribution in [3.05, 3.63) is 35.6 Å². The van der Waals surface area contributed by atoms with Crippen LogP contribution in [0.3, 0.4) is 0 Å². The molecule has 104 valence electrons. The second kappa shape index (κ2) is 6.99. The summed E-state index contributed by atoms with van der Waals surface area (Å²) in [6, 6.07) is 4.98. The first-order valence-electron chi connectivity index (χ1n) is 6.22. The van der Waals surface area contributed by atoms with Crippen molar-refractivity contribution in [1.82, 2.24) is 10.2 Å². The minimum absolute atomic E-state index is 0.122. The Labute approximate surface area is 112 Å². The second-order valence-electron chi connectivity index (χ2n) is 4.42. The van der Waals surface area contributed by atoms with Gasteiger partial charge in [0, 0.05) is 12.1 Å². The van der Waals surface area contributed by atoms with Gasteiger partial charge in [-0.05, 0) is 45.2 Å². The van der Waals surface area contributed by atoms with E-state index >= 15 is 0 Å². The molecule has 1 N–H and O–H groups in total. The van der Waals surface area contributed by atoms with Crippen LogP contribution in [0.25, 0.3) is 0 Å². The van der Waals surface area contributed by atoms with Crippen molar-refractivity contribution in [3.8, 4) is 0 Å². The van der Waals surface area contributed by atoms with Gasteiger partial charge in [0.2, 0.25) is 5.91 Å². The zero-order valence-corrected chi connectivity index (χ0v) is 11.4. The summed E-state index contributed by atoms with van der Waals surface area (Å²) in [6.45, 7) is 4.28. The molecular weight excluding hydrogens is 247 g/mol. The monoisotopic (exact) mass is 266 g/mol. The maximum atomic E-state index is 12.8. The van der Waals surface area contributed by atoms with Crippen LogP contribution in [0.1, 0.15) is 24.2 Å². The van der Waals surface area contributed by atoms with E-state index in [-0.39, 0.29) is 24.1 Å². The Morgan fingerprint density at radius 1 is 1.32 bits per heavy atom. The molecule has 4 nitrogen and oxygen atoms in total. The Morgan fingerprint density at radius 2 is 1.89 bits per heavy atom. The maximum absolute atomic E-state index is 12.8. The van der Waals surface area contributed by atoms with Gasteiger partial charge in [0.05, 0.1) is 12.6 Å². The summed E-state index contributed by atoms with van der Waals surface area (Å²) in [4.78, 5) is 25.3. The number of amides is 1. The van der Waals surface area contributed by atoms with E-state index in [4.69, 9.17) is 0 Å². The maximum Gasteiger partial charge on any atom is 0.234 e. The van der Waals surface area contributed by atoms with Crippen molar-refractivity contribution in [3.63, 3.8) is 0 Å². The summed E-state index contributed by atoms with van der Waals surface area (Å²) in [5, 5.41) is 2.68. The van der Waals surface area contributed by atoms with Crippen molar-refractivity contribution in [2.24, 2.45) is 0 Å². The number of benzene rings is 1. The fraction of sp³-hybridized carbons (Fsp3) is 0.429. The Kier molecular flexibility index (Phi) is 5.63. The number of Topliss-reactive ketones (excluding diaryl/α,β-unsaturated/α-hetero) is 1. The summed E-state index contributed by atoms with van der Waals surface area (Å²) in [6.07, 6.45) is 0. The summed E-state index contributed by atoms with van der Waals surface area (Å²) in [5.41, 5.74) is 0.441. The topological polar surface area (TPSA) is 49.4 Å². The first-order valence-corrected chi connectivity index (χ1v) is 6.22. The molecule has 0 radical (unpaired) electrons. The van der Waals surface area contributed by atoms with Crippen molar-refractivity contribution in [2.45, 2.75) is 19.9 Å². The minimum Gasteiger partial charge on any atom is -0.355 e. The van der Waals surface area contributed by atoms with Crippen LogP contribution >= 0.6 is 0 Å². The highest BCUT2D eigenvalue weighted by molar-refractivity contribution is 6.00. The summed E-state index contributed by atoms with van der Waals surface area (Å²) < 4.78 is 12.8. The third kappa shape index (κ3) is 4.44. The van der Waals surface area contributed by atoms with Gasteiger partial charge in [-0.1, -0.05) is 0 Å². The molecule has 0 saturated heterocycles. The third-order valence-electron chi connectivity index (χ3n) is 2.94. The molecule has 1 atom stereocenters. The highest BCUT2D eigenvalue weighted by atomic mass is 19.1. The molecule has 0 aliphatic carbocycles. The van der Waals surface area contributed by atoms with Crippen LogP contribution in [0.4, 0.5) is 4.39 Å². The Hall–Kier alpha value is -1.75. The lowest BCUT2D eigenvalue weighted by Gasteiger charge is -2.22. The highest BCUT2D eigenvalue weighted by Crippen LogP contribution is 2.09. The van der Waals surface area contributed by atoms with E-state index in [1.807, 2.05) is 6.92 Å². The van der Waals surface area contributed by atoms with E-state index < -0.39 is 6.04 Å². The molecule has 0 aliphatic rings. The fourth-order valence-corrected chi connectivity index (χ4v) is 1.67. The lowest BCUT2D eigenvalue weighted by Crippen LogP contribution is -2.42. The van der Waals surface area contributed by atoms with Gasteiger partial charge in [-0.3, -0.25) is 14.5 Å². The number of ketones is 1. The number of nitrogens with one attached hydrogen (secondary N) is 1. The molecule has 0 fully saturated rings. The number of likely N-dealkylation sites (N-methyl/N-ethyl adjacent to an activating group) is 2. The summed E-state index contributed by atoms with van der Waals surface area (Å²) in [7, 11) is 1.71. The van der Waals surface area contributed by atoms with Crippen LogP contribution in [0.15, 0.2) is 24.3 Å². The molecule has 0 aromatic heterocycles. The normalized spacial score (nSPS) is 12.3. The minimum atomic E-state index is -0.437. The van der Waals surface area contributed by atoms with Gasteiger partial charge < -0.3 is 5.32 Å². The van der Waals surface area contributed by atoms with E-state index in [2.05, 4.69) is 5.32 Å². The zero-order chi connectivity index (χ0) is 14.4. The SMILES string of the molecule is CCNC(=O)CN(C)C(C)C(=O)c1ccc(F)cc1. The Bertz CT molecular complexity index is 445. The molecule has 5 heteroatoms. The molecule has 0 aliphatic heterocycles. The number of halogens is 1. The number of rotatable bonds is 6. The van der Waals surface area contributed by atoms with Gasteiger partial charge in [-0.25, -0.2) is 4.39 Å². The number of carbonyl (C=O) groups is 2. The Balaban J connectivity index is 2.65. The highest BCUT2D eigenvalue weighted by Gasteiger charge is 2.21. The predicted octanol–water partition coefficient (Wildman–Crippen LogP) is 1.46. The molecule has 1 aromatic carbocycles. The molecule has 0 heterocycles. The molecule has 0 spiro atoms. The van der Waals surface area contributed by atoms with Crippen molar-refractivity contribution < 1.29 is 14.0 Å². The molecule has 0 bridgehead atoms. The van der Waals surface area contributed by atoms with Gasteiger partial charge in [0.15, 0.2) is 5.78 Å². The lowest BCUT2D eigenvalue weighted by atomic mass is 10.0. The number of nitrogens with zero attached hydrogens (tertiary/aromatic N) is 1. The van der Waals surface area contributed by atoms with E-state index in [1.54, 1.807) is 18.9 Å². The molecule has 0 saturated carbocycles. The van der Waals surface area contributed by atoms with Gasteiger partial charge in [-0.2, -0.15) is 0 Å². The predicted molar refractivity (Wildman–Crippen MR) is 71.5 cm³/mol. The van der Waals surface area contributed by atoms with Crippen LogP contribution in [0.5, 0.6) is 0 Å². The number of hydrogen-bond donors (Lipinski definition) is 1. The molecule has 1 unspecified atom stereocenters. The largest absolute Gasteiger partial charge is 0.355 e. The summed E-state index contributed by atoms with van der Waals surface area (Å²) >= 11 is 0. The van der Waals surface area contributed by atoms with E-state index in [0.29, 0.717) is 12.1 Å². The van der Waals surface area contributed by atoms with Crippen LogP contribution in [0, 0.1) is 5.82 Å². The van der Waals surface area contributed by atoms with Gasteiger partial charge in [0.1, 0.15) is 5.82 Å². The smallest absolute Gasteiger partial charge is 0.234 e. The molecular formula is C14H19FN2O2. The lowest BCUT2D eigenvalue weighted by molar-refractivity contribution is -0.122. The van der Waals surface area contributed by atoms with Crippen molar-refractivity contribution in [1.29, 1.82) is 0 Å². The average Bonchev–Trinajstić information content (AvgIpc) is 2.38. The third-order valence-corrected chi connectivity index (χ3v) is 2.94. The molecule has 19 heavy (non-hydrogen) atoms. The second-order valence-corrected chi connectivity index (χ2v) is 4.42. The van der Waals surface area contributed by atoms with Crippen molar-refractivity contribution >= 4 is 11.7 Å². The first kappa shape index (κ1) is 15.3. The zero-order valence-electron chi connectivity index (χ0n) is 11.4. The van der Waals surface area contributed by atoms with Gasteiger partial charge >= 0.3 is 0 Å². The van der Waals surface area contributed by atoms with Crippen LogP contribution in [0.2, 0.25) is 0 Å². The van der Waals surface area contributed by atoms with E-state index in [1.165, 1.54) is 24.3 Å². The average molecular weight is 266 g/mol. The molecule has 1 rings (SSSR count). The molecule has 1 amide bonds. The number of hydrogen-bond acceptors (Lipinski definition) is 3. The number of carbonyl (C=O) groups excluding carboxylic acids is 2.